The van der Waals surface area contributed by atoms with Crippen LogP contribution in [0.25, 0.3) is 22.1 Å². The predicted octanol–water partition coefficient (Wildman–Crippen LogP) is -1.02. The third kappa shape index (κ3) is 5.87. The standard InChI is InChI=1S/C23H27N7O13P2/c24-11-1-4-26-18-9(11)2-5-29(18)21-15(33)16(42-44(35)36)13(41-21)8-39-45(37,38)43-17-14(32)12(7-31)40-22(17)30-6-3-10-19(30)27-23(25)28-20(10)34/h1-6,12-17,21-22,31-33H,7-8H2,(H6-,24,25,26,27,28,34,35,36,37,38)/p+1/t12-,13-,14-,15-,16-,17-,21-,22-/m1/s1. The van der Waals surface area contributed by atoms with E-state index in [0.29, 0.717) is 16.7 Å². The second-order valence-corrected chi connectivity index (χ2v) is 12.3. The van der Waals surface area contributed by atoms with Gasteiger partial charge >= 0.3 is 16.1 Å². The molecule has 4 aromatic rings. The van der Waals surface area contributed by atoms with Gasteiger partial charge in [-0.2, -0.15) is 4.98 Å². The smallest absolute Gasteiger partial charge is 0.398 e. The van der Waals surface area contributed by atoms with Gasteiger partial charge in [0.15, 0.2) is 24.2 Å². The third-order valence-electron chi connectivity index (χ3n) is 7.47. The van der Waals surface area contributed by atoms with Crippen LogP contribution in [0.5, 0.6) is 0 Å². The molecule has 242 valence electrons. The summed E-state index contributed by atoms with van der Waals surface area (Å²) in [7, 11) is -8.39. The van der Waals surface area contributed by atoms with E-state index in [2.05, 4.69) is 15.0 Å². The Kier molecular flexibility index (Phi) is 8.50. The SMILES string of the molecule is Nc1nc2c(ccn2[C@@H]2O[C@H](CO)[C@@H](O)[C@H]2OP(=O)(O)OC[C@H]2O[C@@H](n3ccc4c(N)ccnc43)[C@H](O)[C@@H]2O[P+](=O)O)c(=O)[nH]1. The first kappa shape index (κ1) is 31.6. The number of rotatable bonds is 10. The number of nitrogens with one attached hydrogen (secondary N) is 1. The van der Waals surface area contributed by atoms with Gasteiger partial charge in [0.2, 0.25) is 5.95 Å². The van der Waals surface area contributed by atoms with Crippen LogP contribution in [0.3, 0.4) is 0 Å². The monoisotopic (exact) mass is 672 g/mol. The average Bonchev–Trinajstić information content (AvgIpc) is 3.73. The summed E-state index contributed by atoms with van der Waals surface area (Å²) in [6.07, 6.45) is -7.41. The molecule has 0 amide bonds. The number of nitrogen functional groups attached to an aromatic ring is 2. The first-order valence-corrected chi connectivity index (χ1v) is 15.8. The first-order chi connectivity index (χ1) is 21.4. The lowest BCUT2D eigenvalue weighted by atomic mass is 10.1. The van der Waals surface area contributed by atoms with E-state index in [1.165, 1.54) is 33.8 Å². The fourth-order valence-corrected chi connectivity index (χ4v) is 6.83. The fourth-order valence-electron chi connectivity index (χ4n) is 5.43. The number of aliphatic hydroxyl groups is 3. The van der Waals surface area contributed by atoms with Crippen molar-refractivity contribution in [3.05, 3.63) is 47.1 Å². The Bertz CT molecular complexity index is 1850. The van der Waals surface area contributed by atoms with Gasteiger partial charge in [-0.15, -0.1) is 9.42 Å². The highest BCUT2D eigenvalue weighted by Crippen LogP contribution is 2.50. The molecule has 20 nitrogen and oxygen atoms in total. The molecule has 2 fully saturated rings. The lowest BCUT2D eigenvalue weighted by molar-refractivity contribution is -0.0606. The van der Waals surface area contributed by atoms with Crippen molar-refractivity contribution in [2.24, 2.45) is 0 Å². The Morgan fingerprint density at radius 1 is 1.02 bits per heavy atom. The molecular formula is C23H28N7O13P2+. The van der Waals surface area contributed by atoms with Gasteiger partial charge in [0, 0.05) is 34.2 Å². The molecule has 0 aliphatic carbocycles. The molecular weight excluding hydrogens is 644 g/mol. The topological polar surface area (TPSA) is 302 Å². The quantitative estimate of drug-likeness (QED) is 0.0935. The van der Waals surface area contributed by atoms with Crippen LogP contribution in [0.15, 0.2) is 41.6 Å². The lowest BCUT2D eigenvalue weighted by Gasteiger charge is -2.25. The number of nitrogens with zero attached hydrogens (tertiary/aromatic N) is 4. The van der Waals surface area contributed by atoms with Crippen molar-refractivity contribution in [1.29, 1.82) is 0 Å². The van der Waals surface area contributed by atoms with Crippen LogP contribution >= 0.6 is 16.1 Å². The molecule has 0 saturated carbocycles. The van der Waals surface area contributed by atoms with E-state index in [0.717, 1.165) is 0 Å². The molecule has 4 aromatic heterocycles. The number of hydrogen-bond donors (Lipinski definition) is 8. The van der Waals surface area contributed by atoms with Crippen LogP contribution in [-0.4, -0.2) is 99.0 Å². The molecule has 0 radical (unpaired) electrons. The van der Waals surface area contributed by atoms with Gasteiger partial charge in [0.05, 0.1) is 18.6 Å². The number of aliphatic hydroxyl groups excluding tert-OH is 3. The van der Waals surface area contributed by atoms with E-state index in [-0.39, 0.29) is 17.0 Å². The van der Waals surface area contributed by atoms with E-state index in [4.69, 9.17) is 34.5 Å². The Hall–Kier alpha value is -3.36. The molecule has 45 heavy (non-hydrogen) atoms. The third-order valence-corrected chi connectivity index (χ3v) is 8.88. The molecule has 0 aromatic carbocycles. The highest BCUT2D eigenvalue weighted by atomic mass is 31.2. The molecule has 6 rings (SSSR count). The van der Waals surface area contributed by atoms with Gasteiger partial charge in [-0.1, -0.05) is 0 Å². The number of phosphoric ester groups is 1. The van der Waals surface area contributed by atoms with Gasteiger partial charge < -0.3 is 50.3 Å². The van der Waals surface area contributed by atoms with Gasteiger partial charge in [-0.25, -0.2) is 9.55 Å². The number of nitrogens with two attached hydrogens (primary N) is 2. The van der Waals surface area contributed by atoms with Crippen molar-refractivity contribution in [2.45, 2.75) is 49.1 Å². The van der Waals surface area contributed by atoms with E-state index < -0.39 is 83.9 Å². The Morgan fingerprint density at radius 2 is 1.71 bits per heavy atom. The number of ether oxygens (including phenoxy) is 2. The normalized spacial score (nSPS) is 30.3. The van der Waals surface area contributed by atoms with Crippen molar-refractivity contribution in [2.75, 3.05) is 24.7 Å². The fraction of sp³-hybridized carbons (Fsp3) is 0.435. The maximum Gasteiger partial charge on any atom is 0.695 e. The summed E-state index contributed by atoms with van der Waals surface area (Å²) in [5.41, 5.74) is 11.8. The summed E-state index contributed by atoms with van der Waals surface area (Å²) in [6.45, 7) is -1.51. The minimum absolute atomic E-state index is 0.000558. The molecule has 6 heterocycles. The Labute approximate surface area is 252 Å². The van der Waals surface area contributed by atoms with E-state index >= 15 is 0 Å². The average molecular weight is 672 g/mol. The van der Waals surface area contributed by atoms with Crippen LogP contribution in [0.4, 0.5) is 11.6 Å². The van der Waals surface area contributed by atoms with Crippen LogP contribution < -0.4 is 17.0 Å². The Balaban J connectivity index is 1.22. The van der Waals surface area contributed by atoms with Crippen molar-refractivity contribution >= 4 is 49.8 Å². The summed E-state index contributed by atoms with van der Waals surface area (Å²) >= 11 is 0. The zero-order chi connectivity index (χ0) is 32.2. The maximum absolute atomic E-state index is 13.2. The number of pyridine rings is 1. The summed E-state index contributed by atoms with van der Waals surface area (Å²) in [5.74, 6) is -0.232. The molecule has 10 N–H and O–H groups in total. The summed E-state index contributed by atoms with van der Waals surface area (Å²) in [4.78, 5) is 43.0. The molecule has 2 saturated heterocycles. The molecule has 22 heteroatoms. The predicted molar refractivity (Wildman–Crippen MR) is 151 cm³/mol. The number of H-pyrrole nitrogens is 1. The van der Waals surface area contributed by atoms with E-state index in [1.807, 2.05) is 0 Å². The van der Waals surface area contributed by atoms with Crippen molar-refractivity contribution in [3.63, 3.8) is 0 Å². The number of aromatic nitrogens is 5. The molecule has 10 atom stereocenters. The molecule has 0 spiro atoms. The lowest BCUT2D eigenvalue weighted by Crippen LogP contribution is -2.36. The van der Waals surface area contributed by atoms with Crippen molar-refractivity contribution in [3.8, 4) is 0 Å². The second kappa shape index (κ2) is 12.1. The number of fused-ring (bicyclic) bond motifs is 2. The highest BCUT2D eigenvalue weighted by Gasteiger charge is 2.52. The number of aromatic amines is 1. The zero-order valence-corrected chi connectivity index (χ0v) is 24.6. The van der Waals surface area contributed by atoms with Gasteiger partial charge in [-0.3, -0.25) is 18.8 Å². The van der Waals surface area contributed by atoms with Crippen molar-refractivity contribution < 1.29 is 57.3 Å². The van der Waals surface area contributed by atoms with Gasteiger partial charge in [0.25, 0.3) is 5.56 Å². The summed E-state index contributed by atoms with van der Waals surface area (Å²) in [5, 5.41) is 32.1. The van der Waals surface area contributed by atoms with Crippen molar-refractivity contribution in [1.82, 2.24) is 24.1 Å². The number of phosphoric acid groups is 1. The molecule has 2 aliphatic heterocycles. The Morgan fingerprint density at radius 3 is 2.42 bits per heavy atom. The summed E-state index contributed by atoms with van der Waals surface area (Å²) < 4.78 is 54.3. The largest absolute Gasteiger partial charge is 0.695 e. The zero-order valence-electron chi connectivity index (χ0n) is 22.8. The highest BCUT2D eigenvalue weighted by molar-refractivity contribution is 7.47. The van der Waals surface area contributed by atoms with Crippen LogP contribution in [0.1, 0.15) is 12.5 Å². The summed E-state index contributed by atoms with van der Waals surface area (Å²) in [6, 6.07) is 4.56. The van der Waals surface area contributed by atoms with Gasteiger partial charge in [0.1, 0.15) is 36.2 Å². The maximum atomic E-state index is 13.2. The number of hydrogen-bond acceptors (Lipinski definition) is 15. The number of anilines is 2. The minimum Gasteiger partial charge on any atom is -0.398 e. The van der Waals surface area contributed by atoms with Crippen LogP contribution in [0, 0.1) is 0 Å². The second-order valence-electron chi connectivity index (χ2n) is 10.2. The minimum atomic E-state index is -5.13. The molecule has 2 aliphatic rings. The van der Waals surface area contributed by atoms with Gasteiger partial charge in [-0.05, 0) is 18.2 Å². The molecule has 0 bridgehead atoms. The van der Waals surface area contributed by atoms with E-state index in [9.17, 15) is 39.0 Å². The van der Waals surface area contributed by atoms with Crippen LogP contribution in [0.2, 0.25) is 0 Å². The van der Waals surface area contributed by atoms with E-state index in [1.54, 1.807) is 12.1 Å². The first-order valence-electron chi connectivity index (χ1n) is 13.2. The molecule has 2 unspecified atom stereocenters. The van der Waals surface area contributed by atoms with Crippen LogP contribution in [-0.2, 0) is 32.2 Å².